The summed E-state index contributed by atoms with van der Waals surface area (Å²) < 4.78 is 22.6. The van der Waals surface area contributed by atoms with E-state index in [1.807, 2.05) is 7.05 Å². The number of halogens is 1. The number of fused-ring (bicyclic) bond motifs is 6. The topological polar surface area (TPSA) is 231 Å². The minimum atomic E-state index is -0.249. The van der Waals surface area contributed by atoms with Crippen molar-refractivity contribution in [3.05, 3.63) is 40.1 Å². The van der Waals surface area contributed by atoms with Gasteiger partial charge in [-0.05, 0) is 114 Å². The number of aryl methyl sites for hydroxylation is 2. The number of nitrogens with one attached hydrogen (secondary N) is 1. The maximum Gasteiger partial charge on any atom is 1.00 e. The summed E-state index contributed by atoms with van der Waals surface area (Å²) in [6.07, 6.45) is 16.9. The molecule has 4 aromatic heterocycles. The molecule has 64 heavy (non-hydrogen) atoms. The van der Waals surface area contributed by atoms with Gasteiger partial charge in [-0.3, -0.25) is 19.3 Å². The number of carbonyl (C=O) groups is 3. The molecule has 4 aromatic rings. The van der Waals surface area contributed by atoms with E-state index in [4.69, 9.17) is 37.5 Å². The number of rotatable bonds is 11. The van der Waals surface area contributed by atoms with Gasteiger partial charge in [0.1, 0.15) is 47.7 Å². The number of nitrogens with two attached hydrogens (primary N) is 2. The number of ether oxygens (including phenoxy) is 4. The predicted octanol–water partition coefficient (Wildman–Crippen LogP) is 1.85. The number of nitrogens with zero attached hydrogens (tertiary/aromatic N) is 6. The van der Waals surface area contributed by atoms with Gasteiger partial charge in [0.2, 0.25) is 23.6 Å². The van der Waals surface area contributed by atoms with Crippen LogP contribution in [0.15, 0.2) is 12.7 Å². The summed E-state index contributed by atoms with van der Waals surface area (Å²) in [7, 11) is 4.24. The van der Waals surface area contributed by atoms with E-state index in [0.717, 1.165) is 111 Å². The van der Waals surface area contributed by atoms with Crippen molar-refractivity contribution in [1.29, 1.82) is 5.26 Å². The smallest absolute Gasteiger partial charge is 0.512 e. The monoisotopic (exact) mass is 944 g/mol. The average molecular weight is 945 g/mol. The van der Waals surface area contributed by atoms with Crippen LogP contribution in [-0.4, -0.2) is 122 Å². The Bertz CT molecular complexity index is 2190. The first-order chi connectivity index (χ1) is 29.6. The largest absolute Gasteiger partial charge is 1.00 e. The molecular formula is C43H57BClN9NaO7S2. The fourth-order valence-electron chi connectivity index (χ4n) is 9.45. The van der Waals surface area contributed by atoms with Crippen LogP contribution in [0.25, 0.3) is 20.4 Å². The normalized spacial score (nSPS) is 24.2. The van der Waals surface area contributed by atoms with Gasteiger partial charge in [0, 0.05) is 43.1 Å². The SMILES string of the molecule is CN(C1CCC(Oc2ncnc3sc4c(c23)[C@@H](CC(N)=O)CC4)CC1)C1COC1.CNC1CCC(Oc2ncnc3sc4c(c23)[C@@H](CC(N)=O)CC4)CC1.Cl.O=C1COC1.[B].[C-]#N.[Na+]. The number of hydrogen-bond donors (Lipinski definition) is 3. The van der Waals surface area contributed by atoms with Crippen molar-refractivity contribution >= 4 is 81.5 Å². The van der Waals surface area contributed by atoms with E-state index in [0.29, 0.717) is 55.9 Å². The standard InChI is InChI=1S/C21H28N4O3S.C18H24N4O2S.C3H4O2.CN.B.ClH.Na/c1-25(14-9-27-10-14)13-3-5-15(6-4-13)28-20-19-18-12(8-17(22)26)2-7-16(18)29-21(19)24-11-23-20;1-20-11-3-5-12(6-4-11)24-17-16-15-10(8-14(19)23)2-7-13(15)25-18(16)22-9-21-17;4-3-1-5-2-3;1-2;;;/h11-15H,2-10H2,1H3,(H2,22,26);9-12,20H,2-8H2,1H3,(H2,19,23);1-2H2;;;1H;/q;;;-1;;;+1/t12-,13?,15?;10-,11?,12?;;;;;/m11...../s1. The Labute approximate surface area is 413 Å². The van der Waals surface area contributed by atoms with Crippen molar-refractivity contribution in [2.75, 3.05) is 40.5 Å². The van der Waals surface area contributed by atoms with Crippen molar-refractivity contribution < 1.29 is 62.9 Å². The molecule has 4 aliphatic carbocycles. The second kappa shape index (κ2) is 25.2. The number of primary amides is 2. The van der Waals surface area contributed by atoms with Crippen molar-refractivity contribution in [2.45, 2.75) is 132 Å². The average Bonchev–Trinajstić information content (AvgIpc) is 4.00. The van der Waals surface area contributed by atoms with Crippen LogP contribution in [0.5, 0.6) is 11.8 Å². The van der Waals surface area contributed by atoms with E-state index in [-0.39, 0.29) is 92.0 Å². The number of thiophene rings is 2. The second-order valence-electron chi connectivity index (χ2n) is 16.7. The van der Waals surface area contributed by atoms with Crippen LogP contribution >= 0.6 is 35.1 Å². The molecule has 21 heteroatoms. The fourth-order valence-corrected chi connectivity index (χ4v) is 11.9. The number of likely N-dealkylation sites (N-methyl/N-ethyl adjacent to an activating group) is 1. The fraction of sp³-hybridized carbons (Fsp3) is 0.628. The molecule has 2 saturated carbocycles. The first kappa shape index (κ1) is 53.6. The van der Waals surface area contributed by atoms with Crippen molar-refractivity contribution in [3.8, 4) is 11.8 Å². The number of ketones is 1. The van der Waals surface area contributed by atoms with Crippen molar-refractivity contribution in [1.82, 2.24) is 30.2 Å². The van der Waals surface area contributed by atoms with Gasteiger partial charge in [0.25, 0.3) is 0 Å². The molecule has 6 aliphatic rings. The molecule has 0 bridgehead atoms. The van der Waals surface area contributed by atoms with Gasteiger partial charge in [0.05, 0.1) is 30.0 Å². The van der Waals surface area contributed by atoms with E-state index in [1.165, 1.54) is 20.9 Å². The maximum absolute atomic E-state index is 11.5. The minimum Gasteiger partial charge on any atom is -0.512 e. The summed E-state index contributed by atoms with van der Waals surface area (Å²) in [6, 6.07) is 1.78. The van der Waals surface area contributed by atoms with Gasteiger partial charge < -0.3 is 47.6 Å². The van der Waals surface area contributed by atoms with Crippen LogP contribution < -0.4 is 55.8 Å². The van der Waals surface area contributed by atoms with Gasteiger partial charge in [-0.15, -0.1) is 35.1 Å². The van der Waals surface area contributed by atoms with Gasteiger partial charge in [-0.2, -0.15) is 0 Å². The van der Waals surface area contributed by atoms with Crippen LogP contribution in [0.1, 0.15) is 110 Å². The molecule has 2 aliphatic heterocycles. The number of amides is 2. The van der Waals surface area contributed by atoms with Crippen LogP contribution in [0.4, 0.5) is 0 Å². The summed E-state index contributed by atoms with van der Waals surface area (Å²) in [5.41, 5.74) is 13.4. The summed E-state index contributed by atoms with van der Waals surface area (Å²) in [5, 5.41) is 11.6. The summed E-state index contributed by atoms with van der Waals surface area (Å²) in [6.45, 7) is 7.17. The molecule has 2 atom stereocenters. The summed E-state index contributed by atoms with van der Waals surface area (Å²) in [5.74, 6) is 1.43. The molecule has 10 rings (SSSR count). The quantitative estimate of drug-likeness (QED) is 0.144. The Hall–Kier alpha value is -3.03. The first-order valence-corrected chi connectivity index (χ1v) is 23.0. The molecule has 0 unspecified atom stereocenters. The van der Waals surface area contributed by atoms with Crippen LogP contribution in [-0.2, 0) is 36.7 Å². The van der Waals surface area contributed by atoms with Crippen LogP contribution in [0.2, 0.25) is 0 Å². The first-order valence-electron chi connectivity index (χ1n) is 21.4. The molecule has 6 heterocycles. The third kappa shape index (κ3) is 12.7. The van der Waals surface area contributed by atoms with Crippen LogP contribution in [0, 0.1) is 11.8 Å². The summed E-state index contributed by atoms with van der Waals surface area (Å²) in [4.78, 5) is 57.6. The molecule has 5 N–H and O–H groups in total. The van der Waals surface area contributed by atoms with Gasteiger partial charge in [-0.1, -0.05) is 0 Å². The molecule has 16 nitrogen and oxygen atoms in total. The Morgan fingerprint density at radius 3 is 1.56 bits per heavy atom. The zero-order valence-electron chi connectivity index (χ0n) is 36.9. The van der Waals surface area contributed by atoms with E-state index >= 15 is 0 Å². The minimum absolute atomic E-state index is 0. The number of hydrogen-bond acceptors (Lipinski definition) is 16. The molecular weight excluding hydrogens is 888 g/mol. The van der Waals surface area contributed by atoms with Crippen molar-refractivity contribution in [2.24, 2.45) is 11.5 Å². The molecule has 0 spiro atoms. The Balaban J connectivity index is 0.000000236. The zero-order valence-corrected chi connectivity index (χ0v) is 41.4. The van der Waals surface area contributed by atoms with Gasteiger partial charge in [-0.25, -0.2) is 19.9 Å². The Kier molecular flexibility index (Phi) is 21.1. The molecule has 2 saturated heterocycles. The number of aromatic nitrogens is 4. The van der Waals surface area contributed by atoms with Gasteiger partial charge >= 0.3 is 29.6 Å². The molecule has 3 radical (unpaired) electrons. The third-order valence-corrected chi connectivity index (χ3v) is 15.2. The molecule has 4 fully saturated rings. The van der Waals surface area contributed by atoms with E-state index in [1.54, 1.807) is 35.3 Å². The third-order valence-electron chi connectivity index (χ3n) is 12.9. The van der Waals surface area contributed by atoms with E-state index < -0.39 is 0 Å². The maximum atomic E-state index is 11.5. The predicted molar refractivity (Wildman–Crippen MR) is 243 cm³/mol. The molecule has 0 aromatic carbocycles. The number of Topliss-reactive ketones (excluding diaryl/α,β-unsaturated/α-hetero) is 1. The summed E-state index contributed by atoms with van der Waals surface area (Å²) >= 11 is 3.41. The van der Waals surface area contributed by atoms with Crippen LogP contribution in [0.3, 0.4) is 0 Å². The number of carbonyl (C=O) groups excluding carboxylic acids is 3. The van der Waals surface area contributed by atoms with E-state index in [9.17, 15) is 14.4 Å². The second-order valence-corrected chi connectivity index (χ2v) is 18.9. The Morgan fingerprint density at radius 1 is 0.766 bits per heavy atom. The van der Waals surface area contributed by atoms with Crippen molar-refractivity contribution in [3.63, 3.8) is 0 Å². The zero-order chi connectivity index (χ0) is 43.0. The van der Waals surface area contributed by atoms with Gasteiger partial charge in [0.15, 0.2) is 5.78 Å². The molecule has 2 amide bonds. The van der Waals surface area contributed by atoms with E-state index in [2.05, 4.69) is 41.9 Å². The Morgan fingerprint density at radius 2 is 1.20 bits per heavy atom. The molecule has 339 valence electrons.